The highest BCUT2D eigenvalue weighted by Crippen LogP contribution is 2.12. The molecule has 1 unspecified atom stereocenters. The summed E-state index contributed by atoms with van der Waals surface area (Å²) in [6.07, 6.45) is 2.58. The van der Waals surface area contributed by atoms with E-state index in [-0.39, 0.29) is 23.5 Å². The lowest BCUT2D eigenvalue weighted by molar-refractivity contribution is 0.598. The van der Waals surface area contributed by atoms with E-state index in [2.05, 4.69) is 4.98 Å². The maximum Gasteiger partial charge on any atom is 0.192 e. The second kappa shape index (κ2) is 4.72. The molecule has 0 bridgehead atoms. The smallest absolute Gasteiger partial charge is 0.192 e. The molecule has 1 rings (SSSR count). The van der Waals surface area contributed by atoms with Crippen LogP contribution in [0.4, 0.5) is 0 Å². The summed E-state index contributed by atoms with van der Waals surface area (Å²) in [6, 6.07) is 3.03. The molecule has 0 spiro atoms. The molecule has 6 heteroatoms. The second-order valence-electron chi connectivity index (χ2n) is 2.99. The van der Waals surface area contributed by atoms with Crippen LogP contribution in [0.15, 0.2) is 23.4 Å². The third-order valence-corrected chi connectivity index (χ3v) is 2.65. The normalized spacial score (nSPS) is 13.1. The minimum Gasteiger partial charge on any atom is -0.324 e. The van der Waals surface area contributed by atoms with Gasteiger partial charge in [0.25, 0.3) is 0 Å². The minimum atomic E-state index is -3.23. The van der Waals surface area contributed by atoms with Gasteiger partial charge in [-0.25, -0.2) is 13.4 Å². The number of pyridine rings is 1. The Balaban J connectivity index is 0.00000169. The van der Waals surface area contributed by atoms with Crippen molar-refractivity contribution in [2.75, 3.05) is 6.26 Å². The first-order valence-corrected chi connectivity index (χ1v) is 5.72. The maximum atomic E-state index is 11.1. The number of aromatic nitrogens is 1. The van der Waals surface area contributed by atoms with Crippen LogP contribution in [-0.4, -0.2) is 19.7 Å². The molecule has 0 aromatic carbocycles. The van der Waals surface area contributed by atoms with Crippen LogP contribution in [0.2, 0.25) is 0 Å². The fraction of sp³-hybridized carbons (Fsp3) is 0.375. The topological polar surface area (TPSA) is 73.0 Å². The van der Waals surface area contributed by atoms with Crippen LogP contribution < -0.4 is 5.73 Å². The fourth-order valence-corrected chi connectivity index (χ4v) is 1.51. The van der Waals surface area contributed by atoms with Gasteiger partial charge >= 0.3 is 0 Å². The van der Waals surface area contributed by atoms with Gasteiger partial charge in [-0.05, 0) is 24.6 Å². The number of halogens is 1. The molecule has 0 aliphatic rings. The molecule has 0 aliphatic heterocycles. The van der Waals surface area contributed by atoms with Crippen LogP contribution in [0.3, 0.4) is 0 Å². The van der Waals surface area contributed by atoms with Crippen LogP contribution >= 0.6 is 12.4 Å². The van der Waals surface area contributed by atoms with Crippen molar-refractivity contribution in [2.24, 2.45) is 5.73 Å². The van der Waals surface area contributed by atoms with Gasteiger partial charge in [0.15, 0.2) is 14.9 Å². The summed E-state index contributed by atoms with van der Waals surface area (Å²) < 4.78 is 22.2. The van der Waals surface area contributed by atoms with Gasteiger partial charge in [0.1, 0.15) is 0 Å². The van der Waals surface area contributed by atoms with E-state index in [1.807, 2.05) is 0 Å². The molecule has 0 fully saturated rings. The van der Waals surface area contributed by atoms with E-state index in [4.69, 9.17) is 5.73 Å². The van der Waals surface area contributed by atoms with Crippen LogP contribution in [0, 0.1) is 0 Å². The molecule has 4 nitrogen and oxygen atoms in total. The van der Waals surface area contributed by atoms with Gasteiger partial charge in [-0.3, -0.25) is 0 Å². The molecule has 0 amide bonds. The molecule has 1 heterocycles. The second-order valence-corrected chi connectivity index (χ2v) is 4.95. The Labute approximate surface area is 89.9 Å². The van der Waals surface area contributed by atoms with Crippen LogP contribution in [0.1, 0.15) is 18.5 Å². The molecular weight excluding hydrogens is 224 g/mol. The van der Waals surface area contributed by atoms with Gasteiger partial charge in [-0.2, -0.15) is 0 Å². The number of nitrogens with two attached hydrogens (primary N) is 1. The summed E-state index contributed by atoms with van der Waals surface area (Å²) in [5.41, 5.74) is 6.38. The summed E-state index contributed by atoms with van der Waals surface area (Å²) in [4.78, 5) is 3.75. The molecule has 0 saturated heterocycles. The first kappa shape index (κ1) is 13.4. The average molecular weight is 237 g/mol. The van der Waals surface area contributed by atoms with Crippen molar-refractivity contribution >= 4 is 22.2 Å². The Morgan fingerprint density at radius 3 is 2.50 bits per heavy atom. The van der Waals surface area contributed by atoms with Crippen molar-refractivity contribution < 1.29 is 8.42 Å². The summed E-state index contributed by atoms with van der Waals surface area (Å²) in [7, 11) is -3.23. The van der Waals surface area contributed by atoms with Crippen molar-refractivity contribution in [1.82, 2.24) is 4.98 Å². The molecule has 14 heavy (non-hydrogen) atoms. The zero-order valence-electron chi connectivity index (χ0n) is 7.97. The predicted octanol–water partition coefficient (Wildman–Crippen LogP) is 0.927. The summed E-state index contributed by atoms with van der Waals surface area (Å²) in [5.74, 6) is 0. The molecular formula is C8H13ClN2O2S. The Morgan fingerprint density at radius 2 is 2.07 bits per heavy atom. The van der Waals surface area contributed by atoms with Crippen molar-refractivity contribution in [2.45, 2.75) is 18.0 Å². The Morgan fingerprint density at radius 1 is 1.50 bits per heavy atom. The number of sulfone groups is 1. The van der Waals surface area contributed by atoms with E-state index in [1.54, 1.807) is 13.0 Å². The first-order valence-electron chi connectivity index (χ1n) is 3.83. The fourth-order valence-electron chi connectivity index (χ4n) is 0.911. The zero-order valence-corrected chi connectivity index (χ0v) is 9.60. The maximum absolute atomic E-state index is 11.1. The van der Waals surface area contributed by atoms with Crippen molar-refractivity contribution in [3.05, 3.63) is 23.9 Å². The van der Waals surface area contributed by atoms with Crippen molar-refractivity contribution in [1.29, 1.82) is 0 Å². The standard InChI is InChI=1S/C8H12N2O2S.ClH/c1-6(9)7-3-4-10-8(5-7)13(2,11)12;/h3-6H,9H2,1-2H3;1H. The molecule has 2 N–H and O–H groups in total. The van der Waals surface area contributed by atoms with E-state index < -0.39 is 9.84 Å². The van der Waals surface area contributed by atoms with Gasteiger partial charge in [0.05, 0.1) is 0 Å². The number of nitrogens with zero attached hydrogens (tertiary/aromatic N) is 1. The molecule has 1 atom stereocenters. The SMILES string of the molecule is CC(N)c1ccnc(S(C)(=O)=O)c1.Cl. The lowest BCUT2D eigenvalue weighted by Crippen LogP contribution is -2.07. The van der Waals surface area contributed by atoms with Gasteiger partial charge in [-0.1, -0.05) is 0 Å². The van der Waals surface area contributed by atoms with Gasteiger partial charge in [-0.15, -0.1) is 12.4 Å². The van der Waals surface area contributed by atoms with Crippen LogP contribution in [-0.2, 0) is 9.84 Å². The van der Waals surface area contributed by atoms with E-state index in [0.29, 0.717) is 0 Å². The molecule has 1 aromatic heterocycles. The molecule has 0 saturated carbocycles. The highest BCUT2D eigenvalue weighted by molar-refractivity contribution is 7.90. The molecule has 80 valence electrons. The van der Waals surface area contributed by atoms with Crippen LogP contribution in [0.5, 0.6) is 0 Å². The summed E-state index contributed by atoms with van der Waals surface area (Å²) >= 11 is 0. The van der Waals surface area contributed by atoms with Gasteiger partial charge in [0.2, 0.25) is 0 Å². The third kappa shape index (κ3) is 3.25. The average Bonchev–Trinajstić information content (AvgIpc) is 2.03. The Bertz CT molecular complexity index is 404. The van der Waals surface area contributed by atoms with Crippen LogP contribution in [0.25, 0.3) is 0 Å². The minimum absolute atomic E-state index is 0. The number of hydrogen-bond acceptors (Lipinski definition) is 4. The van der Waals surface area contributed by atoms with E-state index in [0.717, 1.165) is 11.8 Å². The lowest BCUT2D eigenvalue weighted by Gasteiger charge is -2.05. The van der Waals surface area contributed by atoms with E-state index in [1.165, 1.54) is 12.3 Å². The third-order valence-electron chi connectivity index (χ3n) is 1.66. The number of rotatable bonds is 2. The monoisotopic (exact) mass is 236 g/mol. The predicted molar refractivity (Wildman–Crippen MR) is 57.2 cm³/mol. The Kier molecular flexibility index (Phi) is 4.51. The quantitative estimate of drug-likeness (QED) is 0.829. The highest BCUT2D eigenvalue weighted by Gasteiger charge is 2.10. The van der Waals surface area contributed by atoms with Gasteiger partial charge in [0, 0.05) is 18.5 Å². The molecule has 0 radical (unpaired) electrons. The largest absolute Gasteiger partial charge is 0.324 e. The molecule has 1 aromatic rings. The van der Waals surface area contributed by atoms with Gasteiger partial charge < -0.3 is 5.73 Å². The first-order chi connectivity index (χ1) is 5.91. The van der Waals surface area contributed by atoms with E-state index >= 15 is 0 Å². The van der Waals surface area contributed by atoms with Crippen molar-refractivity contribution in [3.8, 4) is 0 Å². The van der Waals surface area contributed by atoms with Crippen molar-refractivity contribution in [3.63, 3.8) is 0 Å². The zero-order chi connectivity index (χ0) is 10.1. The lowest BCUT2D eigenvalue weighted by atomic mass is 10.1. The summed E-state index contributed by atoms with van der Waals surface area (Å²) in [6.45, 7) is 1.79. The van der Waals surface area contributed by atoms with E-state index in [9.17, 15) is 8.42 Å². The molecule has 0 aliphatic carbocycles. The summed E-state index contributed by atoms with van der Waals surface area (Å²) in [5, 5.41) is 0.0716. The highest BCUT2D eigenvalue weighted by atomic mass is 35.5. The number of hydrogen-bond donors (Lipinski definition) is 1. The Hall–Kier alpha value is -0.650.